The molecule has 24 heavy (non-hydrogen) atoms. The number of piperidine rings is 1. The van der Waals surface area contributed by atoms with Gasteiger partial charge in [-0.2, -0.15) is 0 Å². The van der Waals surface area contributed by atoms with Crippen LogP contribution in [0.2, 0.25) is 0 Å². The van der Waals surface area contributed by atoms with Crippen LogP contribution in [0.15, 0.2) is 36.5 Å². The van der Waals surface area contributed by atoms with Gasteiger partial charge < -0.3 is 15.3 Å². The van der Waals surface area contributed by atoms with Gasteiger partial charge in [-0.3, -0.25) is 9.78 Å². The number of carboxylic acid groups (broad SMARTS) is 1. The van der Waals surface area contributed by atoms with Crippen molar-refractivity contribution in [2.75, 3.05) is 19.6 Å². The Balaban J connectivity index is 1.56. The summed E-state index contributed by atoms with van der Waals surface area (Å²) in [5.74, 6) is -1.28. The summed E-state index contributed by atoms with van der Waals surface area (Å²) in [7, 11) is 0. The zero-order valence-corrected chi connectivity index (χ0v) is 13.4. The van der Waals surface area contributed by atoms with E-state index in [2.05, 4.69) is 10.3 Å². The van der Waals surface area contributed by atoms with E-state index in [1.54, 1.807) is 11.1 Å². The molecule has 2 heterocycles. The van der Waals surface area contributed by atoms with Gasteiger partial charge in [0.05, 0.1) is 11.4 Å². The summed E-state index contributed by atoms with van der Waals surface area (Å²) in [5.41, 5.74) is 2.05. The van der Waals surface area contributed by atoms with Crippen molar-refractivity contribution in [2.45, 2.75) is 19.3 Å². The zero-order chi connectivity index (χ0) is 16.9. The third-order valence-electron chi connectivity index (χ3n) is 4.44. The Labute approximate surface area is 140 Å². The number of carbonyl (C=O) groups is 2. The molecule has 0 aliphatic carbocycles. The summed E-state index contributed by atoms with van der Waals surface area (Å²) in [6, 6.07) is 9.76. The van der Waals surface area contributed by atoms with E-state index >= 15 is 0 Å². The number of hydrogen-bond acceptors (Lipinski definition) is 3. The number of nitrogens with one attached hydrogen (secondary N) is 1. The average Bonchev–Trinajstić information content (AvgIpc) is 2.62. The number of para-hydroxylation sites is 1. The molecule has 0 radical (unpaired) electrons. The van der Waals surface area contributed by atoms with Crippen LogP contribution in [0.25, 0.3) is 10.9 Å². The van der Waals surface area contributed by atoms with Crippen LogP contribution in [0, 0.1) is 5.92 Å². The van der Waals surface area contributed by atoms with Crippen LogP contribution < -0.4 is 5.32 Å². The lowest BCUT2D eigenvalue weighted by molar-refractivity contribution is -0.143. The first-order valence-corrected chi connectivity index (χ1v) is 8.23. The molecule has 0 saturated carbocycles. The van der Waals surface area contributed by atoms with Gasteiger partial charge in [0.25, 0.3) is 0 Å². The zero-order valence-electron chi connectivity index (χ0n) is 13.4. The number of carboxylic acids is 1. The number of amides is 2. The van der Waals surface area contributed by atoms with Crippen LogP contribution in [0.1, 0.15) is 18.4 Å². The highest BCUT2D eigenvalue weighted by atomic mass is 16.4. The lowest BCUT2D eigenvalue weighted by Crippen LogP contribution is -2.47. The molecule has 0 bridgehead atoms. The van der Waals surface area contributed by atoms with Gasteiger partial charge in [-0.25, -0.2) is 4.79 Å². The quantitative estimate of drug-likeness (QED) is 0.902. The van der Waals surface area contributed by atoms with E-state index in [-0.39, 0.29) is 12.6 Å². The first kappa shape index (κ1) is 16.2. The van der Waals surface area contributed by atoms with Gasteiger partial charge in [-0.05, 0) is 30.9 Å². The maximum atomic E-state index is 12.2. The summed E-state index contributed by atoms with van der Waals surface area (Å²) in [4.78, 5) is 29.3. The van der Waals surface area contributed by atoms with Crippen LogP contribution in [0.3, 0.4) is 0 Å². The van der Waals surface area contributed by atoms with E-state index in [0.29, 0.717) is 25.9 Å². The maximum Gasteiger partial charge on any atom is 0.317 e. The lowest BCUT2D eigenvalue weighted by atomic mass is 9.99. The van der Waals surface area contributed by atoms with Gasteiger partial charge in [0, 0.05) is 31.2 Å². The maximum absolute atomic E-state index is 12.2. The van der Waals surface area contributed by atoms with E-state index in [1.807, 2.05) is 30.3 Å². The molecular weight excluding hydrogens is 306 g/mol. The van der Waals surface area contributed by atoms with Crippen LogP contribution >= 0.6 is 0 Å². The van der Waals surface area contributed by atoms with Gasteiger partial charge in [0.15, 0.2) is 0 Å². The molecule has 1 saturated heterocycles. The molecule has 0 spiro atoms. The highest BCUT2D eigenvalue weighted by Gasteiger charge is 2.27. The van der Waals surface area contributed by atoms with Crippen molar-refractivity contribution in [3.05, 3.63) is 42.1 Å². The van der Waals surface area contributed by atoms with Crippen molar-refractivity contribution >= 4 is 22.9 Å². The summed E-state index contributed by atoms with van der Waals surface area (Å²) < 4.78 is 0. The first-order valence-electron chi connectivity index (χ1n) is 8.23. The molecule has 1 aliphatic rings. The first-order chi connectivity index (χ1) is 11.6. The van der Waals surface area contributed by atoms with Crippen molar-refractivity contribution in [1.29, 1.82) is 0 Å². The minimum atomic E-state index is -0.825. The Hall–Kier alpha value is -2.63. The number of hydrogen-bond donors (Lipinski definition) is 2. The number of aromatic nitrogens is 1. The van der Waals surface area contributed by atoms with Crippen LogP contribution in [0.4, 0.5) is 4.79 Å². The van der Waals surface area contributed by atoms with Crippen molar-refractivity contribution in [2.24, 2.45) is 5.92 Å². The molecule has 2 aromatic rings. The molecule has 2 amide bonds. The molecule has 6 heteroatoms. The standard InChI is InChI=1S/C18H21N3O3/c22-17(23)15-7-3-11-21(12-15)18(24)20-10-8-14-5-1-4-13-6-2-9-19-16(13)14/h1-2,4-6,9,15H,3,7-8,10-12H2,(H,20,24)(H,22,23). The number of carbonyl (C=O) groups excluding carboxylic acids is 1. The third kappa shape index (κ3) is 3.64. The average molecular weight is 327 g/mol. The Kier molecular flexibility index (Phi) is 4.93. The molecule has 1 fully saturated rings. The molecular formula is C18H21N3O3. The van der Waals surface area contributed by atoms with Crippen LogP contribution in [-0.4, -0.2) is 46.6 Å². The van der Waals surface area contributed by atoms with Gasteiger partial charge in [0.2, 0.25) is 0 Å². The number of rotatable bonds is 4. The summed E-state index contributed by atoms with van der Waals surface area (Å²) in [5, 5.41) is 13.1. The van der Waals surface area contributed by atoms with E-state index in [1.165, 1.54) is 0 Å². The molecule has 6 nitrogen and oxygen atoms in total. The Bertz CT molecular complexity index is 742. The fourth-order valence-electron chi connectivity index (χ4n) is 3.15. The molecule has 1 unspecified atom stereocenters. The summed E-state index contributed by atoms with van der Waals surface area (Å²) >= 11 is 0. The number of nitrogens with zero attached hydrogens (tertiary/aromatic N) is 2. The topological polar surface area (TPSA) is 82.5 Å². The number of urea groups is 1. The fraction of sp³-hybridized carbons (Fsp3) is 0.389. The van der Waals surface area contributed by atoms with E-state index in [9.17, 15) is 9.59 Å². The minimum absolute atomic E-state index is 0.186. The number of fused-ring (bicyclic) bond motifs is 1. The molecule has 3 rings (SSSR count). The second-order valence-electron chi connectivity index (χ2n) is 6.10. The van der Waals surface area contributed by atoms with Crippen LogP contribution in [-0.2, 0) is 11.2 Å². The fourth-order valence-corrected chi connectivity index (χ4v) is 3.15. The van der Waals surface area contributed by atoms with E-state index in [4.69, 9.17) is 5.11 Å². The Morgan fingerprint density at radius 2 is 2.12 bits per heavy atom. The second kappa shape index (κ2) is 7.29. The van der Waals surface area contributed by atoms with Crippen molar-refractivity contribution in [1.82, 2.24) is 15.2 Å². The summed E-state index contributed by atoms with van der Waals surface area (Å²) in [6.45, 7) is 1.41. The molecule has 1 atom stereocenters. The lowest BCUT2D eigenvalue weighted by Gasteiger charge is -2.30. The number of aliphatic carboxylic acids is 1. The highest BCUT2D eigenvalue weighted by molar-refractivity contribution is 5.81. The Morgan fingerprint density at radius 1 is 1.29 bits per heavy atom. The van der Waals surface area contributed by atoms with E-state index in [0.717, 1.165) is 22.9 Å². The van der Waals surface area contributed by atoms with Crippen molar-refractivity contribution < 1.29 is 14.7 Å². The molecule has 1 aromatic heterocycles. The Morgan fingerprint density at radius 3 is 2.96 bits per heavy atom. The third-order valence-corrected chi connectivity index (χ3v) is 4.44. The van der Waals surface area contributed by atoms with Gasteiger partial charge in [0.1, 0.15) is 0 Å². The second-order valence-corrected chi connectivity index (χ2v) is 6.10. The normalized spacial score (nSPS) is 17.7. The van der Waals surface area contributed by atoms with Crippen LogP contribution in [0.5, 0.6) is 0 Å². The predicted octanol–water partition coefficient (Wildman–Crippen LogP) is 2.28. The molecule has 1 aliphatic heterocycles. The molecule has 2 N–H and O–H groups in total. The highest BCUT2D eigenvalue weighted by Crippen LogP contribution is 2.17. The molecule has 126 valence electrons. The monoisotopic (exact) mass is 327 g/mol. The van der Waals surface area contributed by atoms with Crippen molar-refractivity contribution in [3.63, 3.8) is 0 Å². The number of benzene rings is 1. The number of pyridine rings is 1. The predicted molar refractivity (Wildman–Crippen MR) is 90.8 cm³/mol. The smallest absolute Gasteiger partial charge is 0.317 e. The van der Waals surface area contributed by atoms with Gasteiger partial charge >= 0.3 is 12.0 Å². The number of likely N-dealkylation sites (tertiary alicyclic amines) is 1. The largest absolute Gasteiger partial charge is 0.481 e. The SMILES string of the molecule is O=C(O)C1CCCN(C(=O)NCCc2cccc3cccnc23)C1. The van der Waals surface area contributed by atoms with E-state index < -0.39 is 11.9 Å². The van der Waals surface area contributed by atoms with Gasteiger partial charge in [-0.15, -0.1) is 0 Å². The van der Waals surface area contributed by atoms with Crippen molar-refractivity contribution in [3.8, 4) is 0 Å². The minimum Gasteiger partial charge on any atom is -0.481 e. The summed E-state index contributed by atoms with van der Waals surface area (Å²) in [6.07, 6.45) is 3.83. The molecule has 1 aromatic carbocycles. The van der Waals surface area contributed by atoms with Gasteiger partial charge in [-0.1, -0.05) is 24.3 Å².